The number of anilines is 1. The molecular formula is C12H14N2O3. The van der Waals surface area contributed by atoms with Crippen LogP contribution < -0.4 is 15.2 Å². The highest BCUT2D eigenvalue weighted by Crippen LogP contribution is 2.41. The molecule has 1 aromatic carbocycles. The van der Waals surface area contributed by atoms with Gasteiger partial charge in [0.25, 0.3) is 0 Å². The Balaban J connectivity index is 2.67. The van der Waals surface area contributed by atoms with Crippen LogP contribution in [0.15, 0.2) is 22.9 Å². The van der Waals surface area contributed by atoms with Crippen LogP contribution in [-0.4, -0.2) is 19.4 Å². The second-order valence-corrected chi connectivity index (χ2v) is 3.60. The Morgan fingerprint density at radius 1 is 1.12 bits per heavy atom. The van der Waals surface area contributed by atoms with Crippen molar-refractivity contribution in [1.82, 2.24) is 5.16 Å². The van der Waals surface area contributed by atoms with Crippen molar-refractivity contribution >= 4 is 5.88 Å². The highest BCUT2D eigenvalue weighted by Gasteiger charge is 2.17. The molecule has 5 nitrogen and oxygen atoms in total. The number of aryl methyl sites for hydroxylation is 1. The molecule has 5 heteroatoms. The molecule has 0 bridgehead atoms. The second-order valence-electron chi connectivity index (χ2n) is 3.60. The van der Waals surface area contributed by atoms with Crippen molar-refractivity contribution in [3.05, 3.63) is 23.9 Å². The predicted octanol–water partition coefficient (Wildman–Crippen LogP) is 2.25. The van der Waals surface area contributed by atoms with E-state index in [2.05, 4.69) is 5.16 Å². The Kier molecular flexibility index (Phi) is 2.91. The molecule has 2 aromatic rings. The predicted molar refractivity (Wildman–Crippen MR) is 64.2 cm³/mol. The summed E-state index contributed by atoms with van der Waals surface area (Å²) < 4.78 is 15.6. The highest BCUT2D eigenvalue weighted by molar-refractivity contribution is 5.80. The van der Waals surface area contributed by atoms with Gasteiger partial charge in [-0.2, -0.15) is 0 Å². The fraction of sp³-hybridized carbons (Fsp3) is 0.250. The van der Waals surface area contributed by atoms with E-state index in [1.165, 1.54) is 0 Å². The maximum Gasteiger partial charge on any atom is 0.230 e. The SMILES string of the molecule is COc1c(C)ccc(-c2cnoc2N)c1OC. The lowest BCUT2D eigenvalue weighted by molar-refractivity contribution is 0.354. The topological polar surface area (TPSA) is 70.5 Å². The number of hydrogen-bond donors (Lipinski definition) is 1. The monoisotopic (exact) mass is 234 g/mol. The zero-order valence-electron chi connectivity index (χ0n) is 9.98. The summed E-state index contributed by atoms with van der Waals surface area (Å²) in [6.45, 7) is 1.95. The van der Waals surface area contributed by atoms with Gasteiger partial charge in [0.05, 0.1) is 26.0 Å². The molecule has 2 N–H and O–H groups in total. The summed E-state index contributed by atoms with van der Waals surface area (Å²) in [5.74, 6) is 1.57. The summed E-state index contributed by atoms with van der Waals surface area (Å²) in [5.41, 5.74) is 8.18. The van der Waals surface area contributed by atoms with Crippen molar-refractivity contribution in [1.29, 1.82) is 0 Å². The van der Waals surface area contributed by atoms with Crippen molar-refractivity contribution in [3.63, 3.8) is 0 Å². The van der Waals surface area contributed by atoms with Gasteiger partial charge in [0.2, 0.25) is 5.88 Å². The van der Waals surface area contributed by atoms with E-state index in [0.29, 0.717) is 17.1 Å². The van der Waals surface area contributed by atoms with E-state index >= 15 is 0 Å². The zero-order chi connectivity index (χ0) is 12.4. The van der Waals surface area contributed by atoms with E-state index in [1.807, 2.05) is 19.1 Å². The van der Waals surface area contributed by atoms with Crippen LogP contribution in [-0.2, 0) is 0 Å². The van der Waals surface area contributed by atoms with E-state index in [4.69, 9.17) is 19.7 Å². The second kappa shape index (κ2) is 4.37. The van der Waals surface area contributed by atoms with Gasteiger partial charge in [0, 0.05) is 5.56 Å². The van der Waals surface area contributed by atoms with Crippen molar-refractivity contribution in [3.8, 4) is 22.6 Å². The first kappa shape index (κ1) is 11.3. The number of methoxy groups -OCH3 is 2. The van der Waals surface area contributed by atoms with Gasteiger partial charge in [-0.25, -0.2) is 0 Å². The van der Waals surface area contributed by atoms with E-state index in [1.54, 1.807) is 20.4 Å². The van der Waals surface area contributed by atoms with Gasteiger partial charge in [-0.1, -0.05) is 11.2 Å². The molecule has 2 rings (SSSR count). The molecular weight excluding hydrogens is 220 g/mol. The van der Waals surface area contributed by atoms with Gasteiger partial charge in [0.1, 0.15) is 0 Å². The maximum absolute atomic E-state index is 5.70. The lowest BCUT2D eigenvalue weighted by atomic mass is 10.0. The van der Waals surface area contributed by atoms with Gasteiger partial charge in [-0.3, -0.25) is 0 Å². The Bertz CT molecular complexity index is 535. The fourth-order valence-corrected chi connectivity index (χ4v) is 1.78. The van der Waals surface area contributed by atoms with Gasteiger partial charge >= 0.3 is 0 Å². The van der Waals surface area contributed by atoms with Crippen LogP contribution in [0, 0.1) is 6.92 Å². The van der Waals surface area contributed by atoms with Crippen LogP contribution in [0.3, 0.4) is 0 Å². The Morgan fingerprint density at radius 2 is 1.82 bits per heavy atom. The molecule has 0 atom stereocenters. The smallest absolute Gasteiger partial charge is 0.230 e. The molecule has 90 valence electrons. The first-order valence-electron chi connectivity index (χ1n) is 5.11. The molecule has 0 spiro atoms. The van der Waals surface area contributed by atoms with Crippen molar-refractivity contribution < 1.29 is 14.0 Å². The van der Waals surface area contributed by atoms with Crippen LogP contribution in [0.4, 0.5) is 5.88 Å². The molecule has 0 aliphatic rings. The number of hydrogen-bond acceptors (Lipinski definition) is 5. The number of aromatic nitrogens is 1. The summed E-state index contributed by atoms with van der Waals surface area (Å²) in [5, 5.41) is 3.66. The number of nitrogens with zero attached hydrogens (tertiary/aromatic N) is 1. The molecule has 0 fully saturated rings. The van der Waals surface area contributed by atoms with Crippen LogP contribution in [0.2, 0.25) is 0 Å². The summed E-state index contributed by atoms with van der Waals surface area (Å²) in [7, 11) is 3.19. The van der Waals surface area contributed by atoms with E-state index in [-0.39, 0.29) is 5.88 Å². The third-order valence-corrected chi connectivity index (χ3v) is 2.61. The molecule has 0 unspecified atom stereocenters. The quantitative estimate of drug-likeness (QED) is 0.881. The number of nitrogens with two attached hydrogens (primary N) is 1. The van der Waals surface area contributed by atoms with Crippen LogP contribution in [0.5, 0.6) is 11.5 Å². The Labute approximate surface area is 99.1 Å². The maximum atomic E-state index is 5.70. The normalized spacial score (nSPS) is 10.3. The lowest BCUT2D eigenvalue weighted by Crippen LogP contribution is -1.96. The van der Waals surface area contributed by atoms with Gasteiger partial charge < -0.3 is 19.7 Å². The van der Waals surface area contributed by atoms with Crippen LogP contribution in [0.25, 0.3) is 11.1 Å². The molecule has 0 radical (unpaired) electrons. The van der Waals surface area contributed by atoms with E-state index in [9.17, 15) is 0 Å². The number of rotatable bonds is 3. The molecule has 17 heavy (non-hydrogen) atoms. The minimum Gasteiger partial charge on any atom is -0.493 e. The minimum atomic E-state index is 0.259. The summed E-state index contributed by atoms with van der Waals surface area (Å²) in [4.78, 5) is 0. The van der Waals surface area contributed by atoms with Crippen LogP contribution in [0.1, 0.15) is 5.56 Å². The highest BCUT2D eigenvalue weighted by atomic mass is 16.5. The molecule has 0 saturated carbocycles. The lowest BCUT2D eigenvalue weighted by Gasteiger charge is -2.13. The molecule has 0 aliphatic carbocycles. The average Bonchev–Trinajstić information content (AvgIpc) is 2.74. The molecule has 1 aromatic heterocycles. The molecule has 0 saturated heterocycles. The van der Waals surface area contributed by atoms with E-state index < -0.39 is 0 Å². The standard InChI is InChI=1S/C12H14N2O3/c1-7-4-5-8(9-6-14-17-12(9)13)11(16-3)10(7)15-2/h4-6H,13H2,1-3H3. The minimum absolute atomic E-state index is 0.259. The van der Waals surface area contributed by atoms with E-state index in [0.717, 1.165) is 11.1 Å². The Hall–Kier alpha value is -2.17. The van der Waals surface area contributed by atoms with Crippen molar-refractivity contribution in [2.24, 2.45) is 0 Å². The third-order valence-electron chi connectivity index (χ3n) is 2.61. The van der Waals surface area contributed by atoms with Gasteiger partial charge in [-0.05, 0) is 18.6 Å². The summed E-state index contributed by atoms with van der Waals surface area (Å²) >= 11 is 0. The van der Waals surface area contributed by atoms with Crippen molar-refractivity contribution in [2.75, 3.05) is 20.0 Å². The number of benzene rings is 1. The van der Waals surface area contributed by atoms with Gasteiger partial charge in [0.15, 0.2) is 11.5 Å². The molecule has 0 aliphatic heterocycles. The fourth-order valence-electron chi connectivity index (χ4n) is 1.78. The third kappa shape index (κ3) is 1.80. The largest absolute Gasteiger partial charge is 0.493 e. The average molecular weight is 234 g/mol. The Morgan fingerprint density at radius 3 is 2.35 bits per heavy atom. The van der Waals surface area contributed by atoms with Crippen LogP contribution >= 0.6 is 0 Å². The first-order valence-corrected chi connectivity index (χ1v) is 5.11. The molecule has 1 heterocycles. The number of nitrogen functional groups attached to an aromatic ring is 1. The summed E-state index contributed by atoms with van der Waals surface area (Å²) in [6.07, 6.45) is 1.56. The zero-order valence-corrected chi connectivity index (χ0v) is 9.98. The van der Waals surface area contributed by atoms with Gasteiger partial charge in [-0.15, -0.1) is 0 Å². The summed E-state index contributed by atoms with van der Waals surface area (Å²) in [6, 6.07) is 3.84. The first-order chi connectivity index (χ1) is 8.19. The number of ether oxygens (including phenoxy) is 2. The van der Waals surface area contributed by atoms with Crippen molar-refractivity contribution in [2.45, 2.75) is 6.92 Å². The molecule has 0 amide bonds.